The first-order valence-corrected chi connectivity index (χ1v) is 19.4. The van der Waals surface area contributed by atoms with Crippen LogP contribution in [0.5, 0.6) is 23.0 Å². The Kier molecular flexibility index (Phi) is 5.41. The summed E-state index contributed by atoms with van der Waals surface area (Å²) in [5.74, 6) is 2.04. The van der Waals surface area contributed by atoms with Gasteiger partial charge in [0.15, 0.2) is 35.2 Å². The molecule has 4 aliphatic heterocycles. The second-order valence-electron chi connectivity index (χ2n) is 17.6. The first-order valence-electron chi connectivity index (χ1n) is 19.4. The minimum absolute atomic E-state index is 0.0581. The number of piperidine rings is 2. The molecule has 0 amide bonds. The predicted molar refractivity (Wildman–Crippen MR) is 184 cm³/mol. The molecule has 8 atom stereocenters. The molecule has 2 spiro atoms. The lowest BCUT2D eigenvalue weighted by atomic mass is 9.47. The zero-order chi connectivity index (χ0) is 33.5. The van der Waals surface area contributed by atoms with Crippen molar-refractivity contribution >= 4 is 0 Å². The van der Waals surface area contributed by atoms with Crippen LogP contribution in [0, 0.1) is 5.92 Å². The van der Waals surface area contributed by atoms with Gasteiger partial charge in [0.25, 0.3) is 0 Å². The summed E-state index contributed by atoms with van der Waals surface area (Å²) < 4.78 is 13.9. The highest BCUT2D eigenvalue weighted by Crippen LogP contribution is 2.72. The first kappa shape index (κ1) is 29.3. The topological polar surface area (TPSA) is 122 Å². The van der Waals surface area contributed by atoms with Gasteiger partial charge in [-0.3, -0.25) is 9.80 Å². The number of benzene rings is 2. The molecular weight excluding hydrogens is 630 g/mol. The molecule has 1 saturated carbocycles. The average molecular weight is 678 g/mol. The van der Waals surface area contributed by atoms with E-state index in [1.165, 1.54) is 30.4 Å². The Morgan fingerprint density at radius 3 is 1.84 bits per heavy atom. The number of H-pyrrole nitrogens is 1. The number of nitrogens with one attached hydrogen (secondary N) is 1. The quantitative estimate of drug-likeness (QED) is 0.240. The molecule has 1 aromatic heterocycles. The first-order chi connectivity index (χ1) is 24.2. The maximum Gasteiger partial charge on any atom is 0.166 e. The van der Waals surface area contributed by atoms with Crippen LogP contribution < -0.4 is 9.47 Å². The number of aliphatic hydroxyl groups is 2. The van der Waals surface area contributed by atoms with Gasteiger partial charge in [-0.1, -0.05) is 31.9 Å². The van der Waals surface area contributed by atoms with Gasteiger partial charge in [-0.05, 0) is 105 Å². The van der Waals surface area contributed by atoms with Crippen LogP contribution in [0.3, 0.4) is 0 Å². The van der Waals surface area contributed by atoms with Crippen molar-refractivity contribution in [2.45, 2.75) is 124 Å². The van der Waals surface area contributed by atoms with E-state index in [9.17, 15) is 20.4 Å². The van der Waals surface area contributed by atoms with Crippen LogP contribution in [0.4, 0.5) is 0 Å². The number of hydrogen-bond acceptors (Lipinski definition) is 8. The van der Waals surface area contributed by atoms with Gasteiger partial charge in [0.1, 0.15) is 0 Å². The molecule has 5 aliphatic carbocycles. The highest BCUT2D eigenvalue weighted by atomic mass is 16.5. The monoisotopic (exact) mass is 677 g/mol. The molecule has 12 rings (SSSR count). The van der Waals surface area contributed by atoms with Gasteiger partial charge in [0, 0.05) is 42.6 Å². The highest BCUT2D eigenvalue weighted by Gasteiger charge is 2.76. The smallest absolute Gasteiger partial charge is 0.166 e. The van der Waals surface area contributed by atoms with Crippen LogP contribution in [0.25, 0.3) is 0 Å². The van der Waals surface area contributed by atoms with Gasteiger partial charge in [0.2, 0.25) is 0 Å². The normalized spacial score (nSPS) is 39.3. The number of aromatic hydroxyl groups is 2. The molecule has 3 fully saturated rings. The minimum Gasteiger partial charge on any atom is -0.504 e. The van der Waals surface area contributed by atoms with Crippen LogP contribution in [0.2, 0.25) is 0 Å². The molecule has 262 valence electrons. The summed E-state index contributed by atoms with van der Waals surface area (Å²) in [5, 5.41) is 49.5. The summed E-state index contributed by atoms with van der Waals surface area (Å²) in [7, 11) is 0. The second-order valence-corrected chi connectivity index (χ2v) is 17.6. The van der Waals surface area contributed by atoms with Crippen molar-refractivity contribution < 1.29 is 29.9 Å². The summed E-state index contributed by atoms with van der Waals surface area (Å²) in [5.41, 5.74) is 4.84. The van der Waals surface area contributed by atoms with E-state index in [2.05, 4.69) is 33.8 Å². The van der Waals surface area contributed by atoms with Crippen molar-refractivity contribution in [1.29, 1.82) is 0 Å². The number of likely N-dealkylation sites (tertiary alicyclic amines) is 2. The number of unbranched alkanes of at least 4 members (excludes halogenated alkanes) is 2. The Labute approximate surface area is 292 Å². The van der Waals surface area contributed by atoms with Crippen LogP contribution in [-0.4, -0.2) is 84.7 Å². The van der Waals surface area contributed by atoms with E-state index >= 15 is 0 Å². The predicted octanol–water partition coefficient (Wildman–Crippen LogP) is 4.60. The number of aromatic nitrogens is 1. The number of phenolic OH excluding ortho intramolecular Hbond substituents is 2. The summed E-state index contributed by atoms with van der Waals surface area (Å²) in [4.78, 5) is 9.02. The number of nitrogens with zero attached hydrogens (tertiary/aromatic N) is 2. The van der Waals surface area contributed by atoms with Crippen molar-refractivity contribution in [3.63, 3.8) is 0 Å². The lowest BCUT2D eigenvalue weighted by Crippen LogP contribution is -2.75. The summed E-state index contributed by atoms with van der Waals surface area (Å²) in [6, 6.07) is 7.52. The van der Waals surface area contributed by atoms with Crippen molar-refractivity contribution in [1.82, 2.24) is 14.8 Å². The fraction of sp³-hybridized carbons (Fsp3) is 0.610. The minimum atomic E-state index is -1.11. The molecule has 2 saturated heterocycles. The molecule has 5 heterocycles. The third-order valence-electron chi connectivity index (χ3n) is 15.6. The SMILES string of the molecule is CCCCCN1CC[C@]23c4c5ccc(O)c4O[C@H]2c2[nH]c4c(c2C[C@@]3(O)[C@H]1C5)C[C@@]1(O)[C@H]2Cc3ccc(O)c5c3[C@@]1(CCN2CC1CC1)[C@H]4O5. The third kappa shape index (κ3) is 3.08. The highest BCUT2D eigenvalue weighted by molar-refractivity contribution is 5.68. The molecule has 9 aliphatic rings. The van der Waals surface area contributed by atoms with Gasteiger partial charge < -0.3 is 34.9 Å². The van der Waals surface area contributed by atoms with Crippen molar-refractivity contribution in [3.8, 4) is 23.0 Å². The van der Waals surface area contributed by atoms with Gasteiger partial charge in [-0.2, -0.15) is 0 Å². The fourth-order valence-electron chi connectivity index (χ4n) is 13.3. The lowest BCUT2D eigenvalue weighted by molar-refractivity contribution is -0.175. The Balaban J connectivity index is 1.06. The van der Waals surface area contributed by atoms with E-state index in [1.54, 1.807) is 12.1 Å². The van der Waals surface area contributed by atoms with E-state index in [-0.39, 0.29) is 23.6 Å². The van der Waals surface area contributed by atoms with Crippen LogP contribution in [0.1, 0.15) is 109 Å². The number of aromatic amines is 1. The number of hydrogen-bond donors (Lipinski definition) is 5. The molecule has 0 unspecified atom stereocenters. The summed E-state index contributed by atoms with van der Waals surface area (Å²) in [6.45, 7) is 5.99. The van der Waals surface area contributed by atoms with E-state index in [1.807, 2.05) is 0 Å². The Morgan fingerprint density at radius 1 is 0.760 bits per heavy atom. The van der Waals surface area contributed by atoms with Crippen molar-refractivity contribution in [3.05, 3.63) is 69.0 Å². The number of rotatable bonds is 6. The van der Waals surface area contributed by atoms with Crippen LogP contribution >= 0.6 is 0 Å². The maximum atomic E-state index is 13.5. The van der Waals surface area contributed by atoms with E-state index in [0.29, 0.717) is 30.3 Å². The van der Waals surface area contributed by atoms with E-state index in [0.717, 1.165) is 98.3 Å². The summed E-state index contributed by atoms with van der Waals surface area (Å²) in [6.07, 6.45) is 8.89. The standard InChI is InChI=1S/C41H47N3O6/c1-2-3-4-13-43-14-11-38-30-22-7-9-26(45)34(30)49-36(38)32-24(18-40(38,47)28(43)16-22)25-19-41(48)29-17-23-8-10-27(46)35-31(23)39(41,37(50-35)33(25)42-32)12-15-44(29)20-21-5-6-21/h7-10,21,28-29,36-37,42,45-48H,2-6,11-20H2,1H3/t28-,29-,36+,37+,38+,39+,40-,41-/m1/s1. The van der Waals surface area contributed by atoms with E-state index in [4.69, 9.17) is 9.47 Å². The van der Waals surface area contributed by atoms with Gasteiger partial charge in [-0.25, -0.2) is 0 Å². The maximum absolute atomic E-state index is 13.5. The molecule has 2 aromatic carbocycles. The lowest BCUT2D eigenvalue weighted by Gasteiger charge is -2.63. The molecule has 9 nitrogen and oxygen atoms in total. The third-order valence-corrected chi connectivity index (χ3v) is 15.6. The molecule has 5 N–H and O–H groups in total. The Hall–Kier alpha value is -3.24. The van der Waals surface area contributed by atoms with Crippen LogP contribution in [-0.2, 0) is 36.5 Å². The molecule has 0 radical (unpaired) electrons. The molecule has 9 heteroatoms. The Bertz CT molecular complexity index is 2020. The molecule has 4 bridgehead atoms. The van der Waals surface area contributed by atoms with Gasteiger partial charge >= 0.3 is 0 Å². The van der Waals surface area contributed by atoms with Crippen molar-refractivity contribution in [2.24, 2.45) is 5.92 Å². The van der Waals surface area contributed by atoms with E-state index < -0.39 is 34.2 Å². The molecule has 3 aromatic rings. The van der Waals surface area contributed by atoms with Gasteiger partial charge in [-0.15, -0.1) is 0 Å². The number of fused-ring (bicyclic) bond motifs is 5. The zero-order valence-corrected chi connectivity index (χ0v) is 28.8. The molecule has 50 heavy (non-hydrogen) atoms. The number of phenols is 2. The Morgan fingerprint density at radius 2 is 1.30 bits per heavy atom. The van der Waals surface area contributed by atoms with Gasteiger partial charge in [0.05, 0.1) is 33.4 Å². The molecular formula is C41H47N3O6. The number of ether oxygens (including phenoxy) is 2. The summed E-state index contributed by atoms with van der Waals surface area (Å²) >= 11 is 0. The largest absolute Gasteiger partial charge is 0.504 e. The van der Waals surface area contributed by atoms with Crippen molar-refractivity contribution in [2.75, 3.05) is 26.2 Å². The zero-order valence-electron chi connectivity index (χ0n) is 28.8. The second kappa shape index (κ2) is 9.21. The average Bonchev–Trinajstić information content (AvgIpc) is 3.59. The fourth-order valence-corrected chi connectivity index (χ4v) is 13.3. The van der Waals surface area contributed by atoms with Crippen LogP contribution in [0.15, 0.2) is 24.3 Å².